The van der Waals surface area contributed by atoms with E-state index in [9.17, 15) is 26.8 Å². The molecule has 0 spiro atoms. The van der Waals surface area contributed by atoms with E-state index in [0.29, 0.717) is 13.0 Å². The summed E-state index contributed by atoms with van der Waals surface area (Å²) in [5.74, 6) is -2.70. The lowest BCUT2D eigenvalue weighted by molar-refractivity contribution is -0.140. The largest absolute Gasteiger partial charge is 0.352 e. The van der Waals surface area contributed by atoms with Crippen molar-refractivity contribution in [3.63, 3.8) is 0 Å². The van der Waals surface area contributed by atoms with Crippen LogP contribution in [0.25, 0.3) is 0 Å². The second-order valence-corrected chi connectivity index (χ2v) is 11.8. The minimum atomic E-state index is -3.80. The predicted molar refractivity (Wildman–Crippen MR) is 144 cm³/mol. The lowest BCUT2D eigenvalue weighted by atomic mass is 9.95. The normalized spacial score (nSPS) is 15.1. The molecule has 0 aromatic heterocycles. The highest BCUT2D eigenvalue weighted by atomic mass is 32.2. The van der Waals surface area contributed by atoms with Gasteiger partial charge in [0, 0.05) is 31.6 Å². The first-order chi connectivity index (χ1) is 18.1. The zero-order valence-corrected chi connectivity index (χ0v) is 22.9. The van der Waals surface area contributed by atoms with E-state index in [1.807, 2.05) is 30.3 Å². The first-order valence-corrected chi connectivity index (χ1v) is 15.0. The summed E-state index contributed by atoms with van der Waals surface area (Å²) >= 11 is 0. The SMILES string of the molecule is C[C@H](C(=O)NC1CCCCC1)N(CCc1ccccc1)C(=O)CCCN(c1ccc(F)c(F)c1)S(C)(=O)=O. The maximum absolute atomic E-state index is 13.7. The number of amides is 2. The molecular formula is C28H37F2N3O4S. The average molecular weight is 550 g/mol. The van der Waals surface area contributed by atoms with Gasteiger partial charge < -0.3 is 10.2 Å². The Morgan fingerprint density at radius 2 is 1.68 bits per heavy atom. The van der Waals surface area contributed by atoms with Crippen LogP contribution < -0.4 is 9.62 Å². The second kappa shape index (κ2) is 13.7. The van der Waals surface area contributed by atoms with Gasteiger partial charge in [0.25, 0.3) is 0 Å². The average Bonchev–Trinajstić information content (AvgIpc) is 2.89. The highest BCUT2D eigenvalue weighted by Crippen LogP contribution is 2.22. The Morgan fingerprint density at radius 3 is 2.32 bits per heavy atom. The van der Waals surface area contributed by atoms with Crippen molar-refractivity contribution in [2.45, 2.75) is 70.4 Å². The van der Waals surface area contributed by atoms with Crippen molar-refractivity contribution in [1.82, 2.24) is 10.2 Å². The van der Waals surface area contributed by atoms with Crippen LogP contribution in [0.1, 0.15) is 57.4 Å². The summed E-state index contributed by atoms with van der Waals surface area (Å²) in [7, 11) is -3.80. The van der Waals surface area contributed by atoms with E-state index in [4.69, 9.17) is 0 Å². The van der Waals surface area contributed by atoms with Gasteiger partial charge in [-0.2, -0.15) is 0 Å². The smallest absolute Gasteiger partial charge is 0.242 e. The van der Waals surface area contributed by atoms with Gasteiger partial charge in [-0.15, -0.1) is 0 Å². The molecule has 0 unspecified atom stereocenters. The van der Waals surface area contributed by atoms with E-state index in [-0.39, 0.29) is 42.9 Å². The van der Waals surface area contributed by atoms with Crippen LogP contribution in [0.15, 0.2) is 48.5 Å². The van der Waals surface area contributed by atoms with Crippen molar-refractivity contribution in [3.05, 3.63) is 65.7 Å². The number of hydrogen-bond donors (Lipinski definition) is 1. The highest BCUT2D eigenvalue weighted by molar-refractivity contribution is 7.92. The Bertz CT molecular complexity index is 1190. The second-order valence-electron chi connectivity index (χ2n) is 9.88. The van der Waals surface area contributed by atoms with Crippen LogP contribution in [0.4, 0.5) is 14.5 Å². The first kappa shape index (κ1) is 29.5. The third-order valence-corrected chi connectivity index (χ3v) is 8.14. The Labute approximate surface area is 224 Å². The molecule has 7 nitrogen and oxygen atoms in total. The molecule has 1 aliphatic rings. The molecule has 10 heteroatoms. The number of sulfonamides is 1. The molecule has 208 valence electrons. The van der Waals surface area contributed by atoms with Crippen LogP contribution in [0.2, 0.25) is 0 Å². The van der Waals surface area contributed by atoms with E-state index < -0.39 is 27.7 Å². The molecule has 2 aromatic rings. The molecule has 2 amide bonds. The number of halogens is 2. The van der Waals surface area contributed by atoms with Gasteiger partial charge in [0.15, 0.2) is 11.6 Å². The van der Waals surface area contributed by atoms with E-state index in [1.54, 1.807) is 11.8 Å². The third kappa shape index (κ3) is 8.51. The quantitative estimate of drug-likeness (QED) is 0.425. The van der Waals surface area contributed by atoms with Gasteiger partial charge >= 0.3 is 0 Å². The van der Waals surface area contributed by atoms with E-state index in [0.717, 1.165) is 53.9 Å². The monoisotopic (exact) mass is 549 g/mol. The summed E-state index contributed by atoms with van der Waals surface area (Å²) in [4.78, 5) is 28.0. The summed E-state index contributed by atoms with van der Waals surface area (Å²) in [6.07, 6.45) is 6.85. The van der Waals surface area contributed by atoms with Crippen molar-refractivity contribution in [2.24, 2.45) is 0 Å². The summed E-state index contributed by atoms with van der Waals surface area (Å²) in [6, 6.07) is 12.0. The van der Waals surface area contributed by atoms with Crippen molar-refractivity contribution in [2.75, 3.05) is 23.7 Å². The lowest BCUT2D eigenvalue weighted by Crippen LogP contribution is -2.51. The Balaban J connectivity index is 1.68. The van der Waals surface area contributed by atoms with Crippen LogP contribution >= 0.6 is 0 Å². The molecule has 0 radical (unpaired) electrons. The first-order valence-electron chi connectivity index (χ1n) is 13.1. The summed E-state index contributed by atoms with van der Waals surface area (Å²) in [6.45, 7) is 1.96. The number of rotatable bonds is 12. The standard InChI is InChI=1S/C28H37F2N3O4S/c1-21(28(35)31-23-12-7-4-8-13-23)32(19-17-22-10-5-3-6-11-22)27(34)14-9-18-33(38(2,36)37)24-15-16-25(29)26(30)20-24/h3,5-6,10-11,15-16,20-21,23H,4,7-9,12-14,17-19H2,1-2H3,(H,31,35)/t21-/m1/s1. The maximum Gasteiger partial charge on any atom is 0.242 e. The summed E-state index contributed by atoms with van der Waals surface area (Å²) in [5.41, 5.74) is 1.02. The number of benzene rings is 2. The van der Waals surface area contributed by atoms with Gasteiger partial charge in [-0.25, -0.2) is 17.2 Å². The Kier molecular flexibility index (Phi) is 10.6. The summed E-state index contributed by atoms with van der Waals surface area (Å²) in [5, 5.41) is 3.09. The van der Waals surface area contributed by atoms with Crippen LogP contribution in [-0.4, -0.2) is 56.6 Å². The minimum Gasteiger partial charge on any atom is -0.352 e. The molecule has 1 saturated carbocycles. The zero-order valence-electron chi connectivity index (χ0n) is 22.0. The fourth-order valence-electron chi connectivity index (χ4n) is 4.78. The molecule has 1 fully saturated rings. The van der Waals surface area contributed by atoms with Gasteiger partial charge in [0.1, 0.15) is 6.04 Å². The molecule has 0 bridgehead atoms. The van der Waals surface area contributed by atoms with E-state index >= 15 is 0 Å². The number of hydrogen-bond acceptors (Lipinski definition) is 4. The van der Waals surface area contributed by atoms with Crippen molar-refractivity contribution < 1.29 is 26.8 Å². The van der Waals surface area contributed by atoms with Crippen LogP contribution in [-0.2, 0) is 26.0 Å². The Morgan fingerprint density at radius 1 is 1.00 bits per heavy atom. The fraction of sp³-hybridized carbons (Fsp3) is 0.500. The maximum atomic E-state index is 13.7. The third-order valence-electron chi connectivity index (χ3n) is 6.95. The van der Waals surface area contributed by atoms with Crippen LogP contribution in [0.5, 0.6) is 0 Å². The molecule has 2 aromatic carbocycles. The lowest BCUT2D eigenvalue weighted by Gasteiger charge is -2.31. The fourth-order valence-corrected chi connectivity index (χ4v) is 5.74. The number of nitrogens with one attached hydrogen (secondary N) is 1. The van der Waals surface area contributed by atoms with E-state index in [2.05, 4.69) is 5.32 Å². The van der Waals surface area contributed by atoms with Gasteiger partial charge in [-0.05, 0) is 50.3 Å². The number of carbonyl (C=O) groups excluding carboxylic acids is 2. The molecule has 0 aliphatic heterocycles. The molecule has 3 rings (SSSR count). The van der Waals surface area contributed by atoms with Crippen LogP contribution in [0, 0.1) is 11.6 Å². The number of nitrogens with zero attached hydrogens (tertiary/aromatic N) is 2. The highest BCUT2D eigenvalue weighted by Gasteiger charge is 2.28. The predicted octanol–water partition coefficient (Wildman–Crippen LogP) is 4.42. The van der Waals surface area contributed by atoms with Gasteiger partial charge in [-0.3, -0.25) is 13.9 Å². The van der Waals surface area contributed by atoms with E-state index in [1.165, 1.54) is 12.5 Å². The van der Waals surface area contributed by atoms with Gasteiger partial charge in [0.05, 0.1) is 11.9 Å². The molecule has 1 N–H and O–H groups in total. The van der Waals surface area contributed by atoms with Gasteiger partial charge in [0.2, 0.25) is 21.8 Å². The topological polar surface area (TPSA) is 86.8 Å². The zero-order chi connectivity index (χ0) is 27.7. The summed E-state index contributed by atoms with van der Waals surface area (Å²) < 4.78 is 52.8. The molecule has 1 atom stereocenters. The molecular weight excluding hydrogens is 512 g/mol. The van der Waals surface area contributed by atoms with Crippen LogP contribution in [0.3, 0.4) is 0 Å². The number of anilines is 1. The van der Waals surface area contributed by atoms with Crippen molar-refractivity contribution >= 4 is 27.5 Å². The van der Waals surface area contributed by atoms with Crippen molar-refractivity contribution in [3.8, 4) is 0 Å². The van der Waals surface area contributed by atoms with Crippen molar-refractivity contribution in [1.29, 1.82) is 0 Å². The molecule has 38 heavy (non-hydrogen) atoms. The molecule has 0 heterocycles. The molecule has 0 saturated heterocycles. The minimum absolute atomic E-state index is 0.00840. The number of carbonyl (C=O) groups is 2. The Hall–Kier alpha value is -3.01. The molecule has 1 aliphatic carbocycles. The van der Waals surface area contributed by atoms with Gasteiger partial charge in [-0.1, -0.05) is 49.6 Å².